The molecule has 0 spiro atoms. The maximum Gasteiger partial charge on any atom is 0.213 e. The van der Waals surface area contributed by atoms with Crippen molar-refractivity contribution in [1.29, 1.82) is 0 Å². The Hall–Kier alpha value is -0.760. The Morgan fingerprint density at radius 1 is 1.46 bits per heavy atom. The third-order valence-electron chi connectivity index (χ3n) is 2.29. The lowest BCUT2D eigenvalue weighted by Gasteiger charge is -2.25. The molecule has 0 unspecified atom stereocenters. The largest absolute Gasteiger partial charge is 0.474 e. The van der Waals surface area contributed by atoms with Crippen molar-refractivity contribution in [2.45, 2.75) is 31.2 Å². The summed E-state index contributed by atoms with van der Waals surface area (Å²) < 4.78 is 5.60. The predicted molar refractivity (Wildman–Crippen MR) is 52.1 cm³/mol. The molecule has 1 aromatic rings. The van der Waals surface area contributed by atoms with Crippen LogP contribution in [0.1, 0.15) is 24.8 Å². The molecule has 1 aliphatic carbocycles. The van der Waals surface area contributed by atoms with Crippen molar-refractivity contribution in [2.75, 3.05) is 0 Å². The zero-order chi connectivity index (χ0) is 9.10. The van der Waals surface area contributed by atoms with E-state index in [9.17, 15) is 0 Å². The van der Waals surface area contributed by atoms with Crippen LogP contribution in [0.5, 0.6) is 5.88 Å². The molecule has 0 bridgehead atoms. The molecule has 0 aliphatic heterocycles. The van der Waals surface area contributed by atoms with Crippen molar-refractivity contribution in [3.63, 3.8) is 0 Å². The summed E-state index contributed by atoms with van der Waals surface area (Å²) in [5.74, 6) is 1.23. The van der Waals surface area contributed by atoms with Gasteiger partial charge in [0, 0.05) is 18.1 Å². The number of hydrogen-bond donors (Lipinski definition) is 0. The van der Waals surface area contributed by atoms with E-state index < -0.39 is 0 Å². The van der Waals surface area contributed by atoms with Gasteiger partial charge in [-0.15, -0.1) is 11.6 Å². The van der Waals surface area contributed by atoms with Crippen molar-refractivity contribution in [3.05, 3.63) is 23.9 Å². The Morgan fingerprint density at radius 3 is 2.77 bits per heavy atom. The van der Waals surface area contributed by atoms with Crippen molar-refractivity contribution < 1.29 is 4.74 Å². The molecule has 13 heavy (non-hydrogen) atoms. The molecule has 0 saturated heterocycles. The summed E-state index contributed by atoms with van der Waals surface area (Å²) in [7, 11) is 0. The van der Waals surface area contributed by atoms with Crippen molar-refractivity contribution in [1.82, 2.24) is 4.98 Å². The van der Waals surface area contributed by atoms with Crippen LogP contribution >= 0.6 is 11.6 Å². The van der Waals surface area contributed by atoms with E-state index in [1.807, 2.05) is 12.1 Å². The monoisotopic (exact) mass is 197 g/mol. The molecule has 2 nitrogen and oxygen atoms in total. The topological polar surface area (TPSA) is 22.1 Å². The Kier molecular flexibility index (Phi) is 2.69. The molecule has 1 fully saturated rings. The summed E-state index contributed by atoms with van der Waals surface area (Å²) in [6.07, 6.45) is 5.78. The van der Waals surface area contributed by atoms with E-state index in [1.165, 1.54) is 19.3 Å². The van der Waals surface area contributed by atoms with Crippen LogP contribution in [0.4, 0.5) is 0 Å². The normalized spacial score (nSPS) is 16.7. The fraction of sp³-hybridized carbons (Fsp3) is 0.500. The second kappa shape index (κ2) is 3.97. The van der Waals surface area contributed by atoms with Crippen LogP contribution in [0.25, 0.3) is 0 Å². The molecule has 0 aromatic carbocycles. The summed E-state index contributed by atoms with van der Waals surface area (Å²) in [4.78, 5) is 4.16. The zero-order valence-electron chi connectivity index (χ0n) is 7.37. The van der Waals surface area contributed by atoms with Gasteiger partial charge in [0.1, 0.15) is 6.10 Å². The highest BCUT2D eigenvalue weighted by atomic mass is 35.5. The number of alkyl halides is 1. The fourth-order valence-corrected chi connectivity index (χ4v) is 1.38. The van der Waals surface area contributed by atoms with Gasteiger partial charge in [0.2, 0.25) is 5.88 Å². The number of aromatic nitrogens is 1. The molecular formula is C10H12ClNO. The average molecular weight is 198 g/mol. The number of nitrogens with zero attached hydrogens (tertiary/aromatic N) is 1. The Bertz CT molecular complexity index is 269. The van der Waals surface area contributed by atoms with Crippen LogP contribution in [-0.2, 0) is 5.88 Å². The first-order chi connectivity index (χ1) is 6.38. The van der Waals surface area contributed by atoms with E-state index in [-0.39, 0.29) is 0 Å². The molecule has 0 amide bonds. The van der Waals surface area contributed by atoms with E-state index >= 15 is 0 Å². The van der Waals surface area contributed by atoms with Gasteiger partial charge < -0.3 is 4.74 Å². The molecule has 0 atom stereocenters. The average Bonchev–Trinajstić information content (AvgIpc) is 2.12. The summed E-state index contributed by atoms with van der Waals surface area (Å²) in [6, 6.07) is 3.84. The highest BCUT2D eigenvalue weighted by Crippen LogP contribution is 2.23. The predicted octanol–water partition coefficient (Wildman–Crippen LogP) is 2.75. The summed E-state index contributed by atoms with van der Waals surface area (Å²) in [5.41, 5.74) is 1.03. The Labute approximate surface area is 82.9 Å². The molecule has 1 aliphatic rings. The number of rotatable bonds is 3. The fourth-order valence-electron chi connectivity index (χ4n) is 1.22. The molecule has 0 N–H and O–H groups in total. The maximum absolute atomic E-state index is 5.64. The number of halogens is 1. The SMILES string of the molecule is ClCc1ccc(OC2CCC2)nc1. The lowest BCUT2D eigenvalue weighted by molar-refractivity contribution is 0.114. The number of ether oxygens (including phenoxy) is 1. The molecule has 1 saturated carbocycles. The summed E-state index contributed by atoms with van der Waals surface area (Å²) >= 11 is 5.64. The van der Waals surface area contributed by atoms with Gasteiger partial charge in [-0.05, 0) is 24.8 Å². The van der Waals surface area contributed by atoms with Crippen LogP contribution in [0.3, 0.4) is 0 Å². The lowest BCUT2D eigenvalue weighted by atomic mass is 9.96. The highest BCUT2D eigenvalue weighted by Gasteiger charge is 2.19. The van der Waals surface area contributed by atoms with Crippen LogP contribution in [0.2, 0.25) is 0 Å². The maximum atomic E-state index is 5.64. The van der Waals surface area contributed by atoms with Gasteiger partial charge in [0.05, 0.1) is 0 Å². The second-order valence-corrected chi connectivity index (χ2v) is 3.58. The molecular weight excluding hydrogens is 186 g/mol. The van der Waals surface area contributed by atoms with Gasteiger partial charge in [0.15, 0.2) is 0 Å². The molecule has 3 heteroatoms. The number of hydrogen-bond acceptors (Lipinski definition) is 2. The van der Waals surface area contributed by atoms with Crippen LogP contribution in [0, 0.1) is 0 Å². The van der Waals surface area contributed by atoms with E-state index in [1.54, 1.807) is 6.20 Å². The van der Waals surface area contributed by atoms with E-state index in [4.69, 9.17) is 16.3 Å². The number of pyridine rings is 1. The Balaban J connectivity index is 1.96. The highest BCUT2D eigenvalue weighted by molar-refractivity contribution is 6.17. The summed E-state index contributed by atoms with van der Waals surface area (Å²) in [5, 5.41) is 0. The van der Waals surface area contributed by atoms with E-state index in [0.29, 0.717) is 12.0 Å². The third-order valence-corrected chi connectivity index (χ3v) is 2.60. The van der Waals surface area contributed by atoms with Crippen LogP contribution in [-0.4, -0.2) is 11.1 Å². The van der Waals surface area contributed by atoms with Crippen LogP contribution in [0.15, 0.2) is 18.3 Å². The van der Waals surface area contributed by atoms with Crippen LogP contribution < -0.4 is 4.74 Å². The van der Waals surface area contributed by atoms with Gasteiger partial charge in [-0.25, -0.2) is 4.98 Å². The third kappa shape index (κ3) is 2.13. The van der Waals surface area contributed by atoms with Crippen molar-refractivity contribution in [3.8, 4) is 5.88 Å². The minimum Gasteiger partial charge on any atom is -0.474 e. The smallest absolute Gasteiger partial charge is 0.213 e. The standard InChI is InChI=1S/C10H12ClNO/c11-6-8-4-5-10(12-7-8)13-9-2-1-3-9/h4-5,7,9H,1-3,6H2. The first-order valence-electron chi connectivity index (χ1n) is 4.56. The van der Waals surface area contributed by atoms with E-state index in [2.05, 4.69) is 4.98 Å². The van der Waals surface area contributed by atoms with Gasteiger partial charge in [-0.1, -0.05) is 6.07 Å². The van der Waals surface area contributed by atoms with Gasteiger partial charge in [0.25, 0.3) is 0 Å². The zero-order valence-corrected chi connectivity index (χ0v) is 8.13. The first-order valence-corrected chi connectivity index (χ1v) is 5.09. The van der Waals surface area contributed by atoms with Crippen molar-refractivity contribution in [2.24, 2.45) is 0 Å². The molecule has 0 radical (unpaired) electrons. The molecule has 70 valence electrons. The first kappa shape index (κ1) is 8.82. The minimum absolute atomic E-state index is 0.398. The molecule has 1 heterocycles. The minimum atomic E-state index is 0.398. The second-order valence-electron chi connectivity index (χ2n) is 3.31. The lowest BCUT2D eigenvalue weighted by Crippen LogP contribution is -2.24. The quantitative estimate of drug-likeness (QED) is 0.696. The summed E-state index contributed by atoms with van der Waals surface area (Å²) in [6.45, 7) is 0. The van der Waals surface area contributed by atoms with Gasteiger partial charge in [-0.2, -0.15) is 0 Å². The Morgan fingerprint density at radius 2 is 2.31 bits per heavy atom. The van der Waals surface area contributed by atoms with Gasteiger partial charge in [-0.3, -0.25) is 0 Å². The van der Waals surface area contributed by atoms with E-state index in [0.717, 1.165) is 11.4 Å². The molecule has 1 aromatic heterocycles. The molecule has 2 rings (SSSR count). The van der Waals surface area contributed by atoms with Crippen molar-refractivity contribution >= 4 is 11.6 Å². The van der Waals surface area contributed by atoms with Gasteiger partial charge >= 0.3 is 0 Å².